The molecule has 0 heterocycles. The Bertz CT molecular complexity index is 332. The molecule has 3 N–H and O–H groups in total. The largest absolute Gasteiger partial charge is 0.478 e. The molecule has 1 unspecified atom stereocenters. The summed E-state index contributed by atoms with van der Waals surface area (Å²) in [6.45, 7) is 13.1. The Kier molecular flexibility index (Phi) is 12.5. The number of rotatable bonds is 9. The molecule has 0 aromatic carbocycles. The van der Waals surface area contributed by atoms with Crippen molar-refractivity contribution < 1.29 is 19.4 Å². The summed E-state index contributed by atoms with van der Waals surface area (Å²) in [4.78, 5) is 20.0. The third-order valence-corrected chi connectivity index (χ3v) is 2.71. The molecule has 122 valence electrons. The Hall–Kier alpha value is -1.62. The van der Waals surface area contributed by atoms with E-state index in [-0.39, 0.29) is 11.5 Å². The number of hydrogen-bond acceptors (Lipinski definition) is 4. The van der Waals surface area contributed by atoms with Crippen molar-refractivity contribution in [3.05, 3.63) is 25.3 Å². The van der Waals surface area contributed by atoms with E-state index in [0.717, 1.165) is 31.8 Å². The smallest absolute Gasteiger partial charge is 0.330 e. The lowest BCUT2D eigenvalue weighted by atomic mass is 9.94. The standard InChI is InChI=1S/C13H25NO2.C3H4O2/c1-5-12(15)16-10-8-11(2)7-6-9-13(3,4)14;1-2-3(4)5/h5,11H,1,6-10,14H2,2-4H3;2H,1H2,(H,4,5). The maximum absolute atomic E-state index is 10.8. The van der Waals surface area contributed by atoms with Gasteiger partial charge >= 0.3 is 11.9 Å². The molecular weight excluding hydrogens is 270 g/mol. The van der Waals surface area contributed by atoms with Gasteiger partial charge in [-0.25, -0.2) is 9.59 Å². The lowest BCUT2D eigenvalue weighted by Crippen LogP contribution is -2.31. The molecule has 0 saturated heterocycles. The second-order valence-corrected chi connectivity index (χ2v) is 5.69. The van der Waals surface area contributed by atoms with Crippen LogP contribution < -0.4 is 5.73 Å². The number of esters is 1. The molecule has 0 aromatic rings. The van der Waals surface area contributed by atoms with Crippen molar-refractivity contribution in [1.82, 2.24) is 0 Å². The highest BCUT2D eigenvalue weighted by Crippen LogP contribution is 2.16. The van der Waals surface area contributed by atoms with E-state index in [4.69, 9.17) is 15.6 Å². The summed E-state index contributed by atoms with van der Waals surface area (Å²) in [5.41, 5.74) is 5.82. The molecule has 0 aliphatic heterocycles. The van der Waals surface area contributed by atoms with Crippen molar-refractivity contribution in [2.45, 2.75) is 52.0 Å². The third kappa shape index (κ3) is 20.8. The number of carboxylic acids is 1. The Morgan fingerprint density at radius 3 is 2.19 bits per heavy atom. The molecule has 0 aromatic heterocycles. The van der Waals surface area contributed by atoms with Crippen LogP contribution >= 0.6 is 0 Å². The van der Waals surface area contributed by atoms with Crippen molar-refractivity contribution in [2.24, 2.45) is 11.7 Å². The van der Waals surface area contributed by atoms with Gasteiger partial charge in [0.2, 0.25) is 0 Å². The van der Waals surface area contributed by atoms with E-state index in [1.807, 2.05) is 13.8 Å². The summed E-state index contributed by atoms with van der Waals surface area (Å²) < 4.78 is 4.93. The molecule has 1 atom stereocenters. The van der Waals surface area contributed by atoms with Crippen LogP contribution in [0.3, 0.4) is 0 Å². The molecule has 0 spiro atoms. The molecule has 5 nitrogen and oxygen atoms in total. The molecule has 0 rings (SSSR count). The highest BCUT2D eigenvalue weighted by molar-refractivity contribution is 5.81. The summed E-state index contributed by atoms with van der Waals surface area (Å²) in [5.74, 6) is -0.750. The van der Waals surface area contributed by atoms with Gasteiger partial charge in [0, 0.05) is 17.7 Å². The van der Waals surface area contributed by atoms with Gasteiger partial charge < -0.3 is 15.6 Å². The van der Waals surface area contributed by atoms with Crippen LogP contribution in [0.2, 0.25) is 0 Å². The van der Waals surface area contributed by atoms with Crippen LogP contribution in [0.1, 0.15) is 46.5 Å². The first-order valence-corrected chi connectivity index (χ1v) is 7.05. The minimum atomic E-state index is -0.981. The van der Waals surface area contributed by atoms with Gasteiger partial charge in [0.15, 0.2) is 0 Å². The summed E-state index contributed by atoms with van der Waals surface area (Å²) in [7, 11) is 0. The van der Waals surface area contributed by atoms with Gasteiger partial charge in [-0.15, -0.1) is 0 Å². The van der Waals surface area contributed by atoms with Gasteiger partial charge in [0.05, 0.1) is 6.61 Å². The SMILES string of the molecule is C=CC(=O)O.C=CC(=O)OCCC(C)CCCC(C)(C)N. The monoisotopic (exact) mass is 299 g/mol. The topological polar surface area (TPSA) is 89.6 Å². The van der Waals surface area contributed by atoms with Crippen LogP contribution in [-0.4, -0.2) is 29.2 Å². The van der Waals surface area contributed by atoms with Crippen LogP contribution in [0.25, 0.3) is 0 Å². The highest BCUT2D eigenvalue weighted by atomic mass is 16.5. The molecular formula is C16H29NO4. The average molecular weight is 299 g/mol. The first kappa shape index (κ1) is 21.7. The Morgan fingerprint density at radius 2 is 1.81 bits per heavy atom. The van der Waals surface area contributed by atoms with E-state index >= 15 is 0 Å². The zero-order valence-corrected chi connectivity index (χ0v) is 13.4. The lowest BCUT2D eigenvalue weighted by Gasteiger charge is -2.19. The summed E-state index contributed by atoms with van der Waals surface area (Å²) in [5, 5.41) is 7.60. The maximum atomic E-state index is 10.8. The molecule has 0 aliphatic rings. The molecule has 5 heteroatoms. The van der Waals surface area contributed by atoms with Crippen molar-refractivity contribution >= 4 is 11.9 Å². The van der Waals surface area contributed by atoms with Crippen molar-refractivity contribution in [1.29, 1.82) is 0 Å². The number of carboxylic acid groups (broad SMARTS) is 1. The normalized spacial score (nSPS) is 11.6. The molecule has 0 aliphatic carbocycles. The van der Waals surface area contributed by atoms with E-state index in [1.54, 1.807) is 0 Å². The number of carbonyl (C=O) groups is 2. The van der Waals surface area contributed by atoms with Gasteiger partial charge in [-0.1, -0.05) is 32.9 Å². The van der Waals surface area contributed by atoms with E-state index in [0.29, 0.717) is 12.5 Å². The van der Waals surface area contributed by atoms with Gasteiger partial charge in [-0.2, -0.15) is 0 Å². The van der Waals surface area contributed by atoms with Crippen molar-refractivity contribution in [2.75, 3.05) is 6.61 Å². The second-order valence-electron chi connectivity index (χ2n) is 5.69. The quantitative estimate of drug-likeness (QED) is 0.504. The highest BCUT2D eigenvalue weighted by Gasteiger charge is 2.11. The second kappa shape index (κ2) is 12.1. The number of carbonyl (C=O) groups excluding carboxylic acids is 1. The molecule has 21 heavy (non-hydrogen) atoms. The molecule has 0 bridgehead atoms. The van der Waals surface area contributed by atoms with Crippen LogP contribution in [0.15, 0.2) is 25.3 Å². The number of ether oxygens (including phenoxy) is 1. The van der Waals surface area contributed by atoms with E-state index in [1.165, 1.54) is 6.08 Å². The Labute approximate surface area is 127 Å². The fourth-order valence-corrected chi connectivity index (χ4v) is 1.47. The van der Waals surface area contributed by atoms with E-state index in [9.17, 15) is 9.59 Å². The van der Waals surface area contributed by atoms with Crippen LogP contribution in [0.4, 0.5) is 0 Å². The predicted octanol–water partition coefficient (Wildman–Crippen LogP) is 2.91. The first-order chi connectivity index (χ1) is 9.62. The maximum Gasteiger partial charge on any atom is 0.330 e. The predicted molar refractivity (Wildman–Crippen MR) is 84.9 cm³/mol. The van der Waals surface area contributed by atoms with Crippen molar-refractivity contribution in [3.8, 4) is 0 Å². The van der Waals surface area contributed by atoms with Crippen molar-refractivity contribution in [3.63, 3.8) is 0 Å². The van der Waals surface area contributed by atoms with Gasteiger partial charge in [0.25, 0.3) is 0 Å². The molecule has 0 fully saturated rings. The Morgan fingerprint density at radius 1 is 1.29 bits per heavy atom. The number of nitrogens with two attached hydrogens (primary N) is 1. The van der Waals surface area contributed by atoms with E-state index < -0.39 is 5.97 Å². The third-order valence-electron chi connectivity index (χ3n) is 2.71. The average Bonchev–Trinajstić information content (AvgIpc) is 2.37. The minimum Gasteiger partial charge on any atom is -0.478 e. The Balaban J connectivity index is 0. The number of hydrogen-bond donors (Lipinski definition) is 2. The summed E-state index contributed by atoms with van der Waals surface area (Å²) >= 11 is 0. The molecule has 0 amide bonds. The van der Waals surface area contributed by atoms with Crippen LogP contribution in [-0.2, 0) is 14.3 Å². The van der Waals surface area contributed by atoms with Gasteiger partial charge in [0.1, 0.15) is 0 Å². The zero-order valence-electron chi connectivity index (χ0n) is 13.4. The first-order valence-electron chi connectivity index (χ1n) is 7.05. The minimum absolute atomic E-state index is 0.0744. The lowest BCUT2D eigenvalue weighted by molar-refractivity contribution is -0.138. The fourth-order valence-electron chi connectivity index (χ4n) is 1.47. The van der Waals surface area contributed by atoms with Gasteiger partial charge in [-0.05, 0) is 32.6 Å². The zero-order chi connectivity index (χ0) is 16.9. The molecule has 0 radical (unpaired) electrons. The molecule has 0 saturated carbocycles. The summed E-state index contributed by atoms with van der Waals surface area (Å²) in [6.07, 6.45) is 6.22. The van der Waals surface area contributed by atoms with E-state index in [2.05, 4.69) is 20.1 Å². The van der Waals surface area contributed by atoms with Gasteiger partial charge in [-0.3, -0.25) is 0 Å². The van der Waals surface area contributed by atoms with Crippen LogP contribution in [0, 0.1) is 5.92 Å². The number of aliphatic carboxylic acids is 1. The fraction of sp³-hybridized carbons (Fsp3) is 0.625. The van der Waals surface area contributed by atoms with Crippen LogP contribution in [0.5, 0.6) is 0 Å². The summed E-state index contributed by atoms with van der Waals surface area (Å²) in [6, 6.07) is 0.